The lowest BCUT2D eigenvalue weighted by Crippen LogP contribution is -2.38. The fraction of sp³-hybridized carbons (Fsp3) is 0.538. The van der Waals surface area contributed by atoms with Crippen LogP contribution in [0.5, 0.6) is 0 Å². The number of hydrogen-bond acceptors (Lipinski definition) is 3. The molecule has 1 rings (SSSR count). The molecule has 2 N–H and O–H groups in total. The monoisotopic (exact) mass is 270 g/mol. The van der Waals surface area contributed by atoms with Crippen molar-refractivity contribution in [1.82, 2.24) is 4.31 Å². The van der Waals surface area contributed by atoms with Gasteiger partial charge in [0, 0.05) is 12.6 Å². The smallest absolute Gasteiger partial charge is 0.245 e. The van der Waals surface area contributed by atoms with Gasteiger partial charge in [-0.15, -0.1) is 0 Å². The van der Waals surface area contributed by atoms with Crippen LogP contribution in [-0.4, -0.2) is 25.3 Å². The normalized spacial score (nSPS) is 13.8. The number of anilines is 1. The lowest BCUT2D eigenvalue weighted by molar-refractivity contribution is 0.342. The minimum atomic E-state index is -3.52. The Labute approximate surface area is 110 Å². The Morgan fingerprint density at radius 3 is 2.39 bits per heavy atom. The Morgan fingerprint density at radius 1 is 1.33 bits per heavy atom. The van der Waals surface area contributed by atoms with Gasteiger partial charge in [0.2, 0.25) is 10.0 Å². The van der Waals surface area contributed by atoms with E-state index in [2.05, 4.69) is 0 Å². The summed E-state index contributed by atoms with van der Waals surface area (Å²) >= 11 is 0. The SMILES string of the molecule is CCC(C)N(CC)S(=O)(=O)c1c(C)cccc1N. The summed E-state index contributed by atoms with van der Waals surface area (Å²) in [6, 6.07) is 5.14. The maximum absolute atomic E-state index is 12.7. The zero-order valence-corrected chi connectivity index (χ0v) is 12.3. The van der Waals surface area contributed by atoms with Gasteiger partial charge in [0.25, 0.3) is 0 Å². The predicted molar refractivity (Wildman–Crippen MR) is 74.9 cm³/mol. The van der Waals surface area contributed by atoms with Gasteiger partial charge in [-0.3, -0.25) is 0 Å². The van der Waals surface area contributed by atoms with Crippen molar-refractivity contribution in [1.29, 1.82) is 0 Å². The maximum Gasteiger partial charge on any atom is 0.245 e. The number of aryl methyl sites for hydroxylation is 1. The number of sulfonamides is 1. The first-order chi connectivity index (χ1) is 8.36. The summed E-state index contributed by atoms with van der Waals surface area (Å²) in [7, 11) is -3.52. The highest BCUT2D eigenvalue weighted by atomic mass is 32.2. The van der Waals surface area contributed by atoms with Gasteiger partial charge in [0.15, 0.2) is 0 Å². The first-order valence-electron chi connectivity index (χ1n) is 6.23. The van der Waals surface area contributed by atoms with Crippen molar-refractivity contribution < 1.29 is 8.42 Å². The number of rotatable bonds is 5. The molecule has 1 atom stereocenters. The predicted octanol–water partition coefficient (Wildman–Crippen LogP) is 2.39. The molecule has 1 unspecified atom stereocenters. The quantitative estimate of drug-likeness (QED) is 0.836. The minimum absolute atomic E-state index is 0.0287. The van der Waals surface area contributed by atoms with Crippen molar-refractivity contribution in [2.24, 2.45) is 0 Å². The van der Waals surface area contributed by atoms with Crippen molar-refractivity contribution in [3.63, 3.8) is 0 Å². The van der Waals surface area contributed by atoms with Crippen LogP contribution in [0, 0.1) is 6.92 Å². The summed E-state index contributed by atoms with van der Waals surface area (Å²) in [6.45, 7) is 7.95. The van der Waals surface area contributed by atoms with Crippen molar-refractivity contribution in [3.05, 3.63) is 23.8 Å². The van der Waals surface area contributed by atoms with E-state index in [4.69, 9.17) is 5.73 Å². The average molecular weight is 270 g/mol. The van der Waals surface area contributed by atoms with Crippen LogP contribution in [0.15, 0.2) is 23.1 Å². The Hall–Kier alpha value is -1.07. The third-order valence-electron chi connectivity index (χ3n) is 3.20. The summed E-state index contributed by atoms with van der Waals surface area (Å²) in [5, 5.41) is 0. The summed E-state index contributed by atoms with van der Waals surface area (Å²) in [5.74, 6) is 0. The Kier molecular flexibility index (Phi) is 4.76. The molecule has 18 heavy (non-hydrogen) atoms. The van der Waals surface area contributed by atoms with Crippen LogP contribution in [0.1, 0.15) is 32.8 Å². The molecule has 0 saturated carbocycles. The molecule has 0 spiro atoms. The summed E-state index contributed by atoms with van der Waals surface area (Å²) < 4.78 is 26.8. The zero-order chi connectivity index (χ0) is 13.9. The zero-order valence-electron chi connectivity index (χ0n) is 11.5. The number of nitrogens with zero attached hydrogens (tertiary/aromatic N) is 1. The second-order valence-electron chi connectivity index (χ2n) is 4.46. The molecule has 0 aliphatic rings. The first kappa shape index (κ1) is 15.0. The minimum Gasteiger partial charge on any atom is -0.398 e. The van der Waals surface area contributed by atoms with E-state index in [-0.39, 0.29) is 10.9 Å². The molecule has 0 aliphatic carbocycles. The first-order valence-corrected chi connectivity index (χ1v) is 7.67. The molecule has 0 fully saturated rings. The van der Waals surface area contributed by atoms with Gasteiger partial charge >= 0.3 is 0 Å². The highest BCUT2D eigenvalue weighted by Gasteiger charge is 2.29. The van der Waals surface area contributed by atoms with E-state index in [0.29, 0.717) is 17.8 Å². The standard InChI is InChI=1S/C13H22N2O2S/c1-5-11(4)15(6-2)18(16,17)13-10(3)8-7-9-12(13)14/h7-9,11H,5-6,14H2,1-4H3. The summed E-state index contributed by atoms with van der Waals surface area (Å²) in [5.41, 5.74) is 6.84. The van der Waals surface area contributed by atoms with Crippen LogP contribution in [-0.2, 0) is 10.0 Å². The van der Waals surface area contributed by atoms with E-state index in [9.17, 15) is 8.42 Å². The number of nitrogens with two attached hydrogens (primary N) is 1. The van der Waals surface area contributed by atoms with Crippen LogP contribution >= 0.6 is 0 Å². The van der Waals surface area contributed by atoms with Gasteiger partial charge in [0.1, 0.15) is 4.90 Å². The maximum atomic E-state index is 12.7. The van der Waals surface area contributed by atoms with E-state index in [0.717, 1.165) is 6.42 Å². The molecule has 102 valence electrons. The van der Waals surface area contributed by atoms with Crippen LogP contribution in [0.3, 0.4) is 0 Å². The van der Waals surface area contributed by atoms with Crippen LogP contribution < -0.4 is 5.73 Å². The van der Waals surface area contributed by atoms with Gasteiger partial charge in [0.05, 0.1) is 5.69 Å². The van der Waals surface area contributed by atoms with Gasteiger partial charge in [-0.2, -0.15) is 4.31 Å². The topological polar surface area (TPSA) is 63.4 Å². The summed E-state index contributed by atoms with van der Waals surface area (Å²) in [4.78, 5) is 0.243. The van der Waals surface area contributed by atoms with E-state index in [1.54, 1.807) is 25.1 Å². The molecule has 0 bridgehead atoms. The van der Waals surface area contributed by atoms with E-state index in [1.807, 2.05) is 20.8 Å². The van der Waals surface area contributed by atoms with E-state index in [1.165, 1.54) is 4.31 Å². The molecular formula is C13H22N2O2S. The molecule has 0 heterocycles. The third-order valence-corrected chi connectivity index (χ3v) is 5.51. The van der Waals surface area contributed by atoms with E-state index < -0.39 is 10.0 Å². The van der Waals surface area contributed by atoms with Gasteiger partial charge in [-0.25, -0.2) is 8.42 Å². The molecule has 5 heteroatoms. The van der Waals surface area contributed by atoms with Crippen molar-refractivity contribution in [2.75, 3.05) is 12.3 Å². The molecule has 4 nitrogen and oxygen atoms in total. The molecule has 1 aromatic carbocycles. The van der Waals surface area contributed by atoms with Gasteiger partial charge in [-0.05, 0) is 31.9 Å². The van der Waals surface area contributed by atoms with Crippen LogP contribution in [0.4, 0.5) is 5.69 Å². The van der Waals surface area contributed by atoms with Crippen molar-refractivity contribution in [2.45, 2.75) is 45.1 Å². The molecule has 0 saturated heterocycles. The van der Waals surface area contributed by atoms with Crippen molar-refractivity contribution in [3.8, 4) is 0 Å². The van der Waals surface area contributed by atoms with Gasteiger partial charge < -0.3 is 5.73 Å². The highest BCUT2D eigenvalue weighted by Crippen LogP contribution is 2.27. The molecular weight excluding hydrogens is 248 g/mol. The number of nitrogen functional groups attached to an aromatic ring is 1. The van der Waals surface area contributed by atoms with E-state index >= 15 is 0 Å². The van der Waals surface area contributed by atoms with Crippen LogP contribution in [0.25, 0.3) is 0 Å². The molecule has 0 radical (unpaired) electrons. The fourth-order valence-corrected chi connectivity index (χ4v) is 4.11. The second kappa shape index (κ2) is 5.71. The third kappa shape index (κ3) is 2.67. The average Bonchev–Trinajstić information content (AvgIpc) is 2.28. The molecule has 1 aromatic rings. The summed E-state index contributed by atoms with van der Waals surface area (Å²) in [6.07, 6.45) is 0.777. The molecule has 0 amide bonds. The van der Waals surface area contributed by atoms with Crippen LogP contribution in [0.2, 0.25) is 0 Å². The molecule has 0 aromatic heterocycles. The lowest BCUT2D eigenvalue weighted by atomic mass is 10.2. The Balaban J connectivity index is 3.37. The number of benzene rings is 1. The molecule has 0 aliphatic heterocycles. The van der Waals surface area contributed by atoms with Gasteiger partial charge in [-0.1, -0.05) is 26.0 Å². The lowest BCUT2D eigenvalue weighted by Gasteiger charge is -2.27. The largest absolute Gasteiger partial charge is 0.398 e. The second-order valence-corrected chi connectivity index (χ2v) is 6.29. The van der Waals surface area contributed by atoms with Crippen molar-refractivity contribution >= 4 is 15.7 Å². The highest BCUT2D eigenvalue weighted by molar-refractivity contribution is 7.89. The number of hydrogen-bond donors (Lipinski definition) is 1. The Morgan fingerprint density at radius 2 is 1.94 bits per heavy atom. The fourth-order valence-electron chi connectivity index (χ4n) is 2.07. The Bertz CT molecular complexity index is 491.